The van der Waals surface area contributed by atoms with E-state index in [1.807, 2.05) is 22.0 Å². The normalized spacial score (nSPS) is 11.1. The summed E-state index contributed by atoms with van der Waals surface area (Å²) in [6, 6.07) is 7.45. The number of rotatable bonds is 2. The third-order valence-electron chi connectivity index (χ3n) is 2.59. The first-order valence-corrected chi connectivity index (χ1v) is 6.38. The van der Waals surface area contributed by atoms with Gasteiger partial charge in [-0.15, -0.1) is 11.3 Å². The lowest BCUT2D eigenvalue weighted by Gasteiger charge is -2.00. The van der Waals surface area contributed by atoms with E-state index in [1.54, 1.807) is 23.5 Å². The van der Waals surface area contributed by atoms with Gasteiger partial charge in [-0.1, -0.05) is 17.7 Å². The Balaban J connectivity index is 2.15. The molecule has 0 amide bonds. The summed E-state index contributed by atoms with van der Waals surface area (Å²) in [5.74, 6) is 0.991. The molecule has 0 aliphatic heterocycles. The van der Waals surface area contributed by atoms with Crippen LogP contribution in [-0.4, -0.2) is 14.5 Å². The maximum Gasteiger partial charge on any atom is 0.158 e. The first kappa shape index (κ1) is 10.6. The highest BCUT2D eigenvalue weighted by molar-refractivity contribution is 7.09. The van der Waals surface area contributed by atoms with Crippen LogP contribution in [0.2, 0.25) is 5.15 Å². The van der Waals surface area contributed by atoms with Gasteiger partial charge in [-0.25, -0.2) is 4.98 Å². The second-order valence-corrected chi connectivity index (χ2v) is 5.08. The van der Waals surface area contributed by atoms with E-state index in [4.69, 9.17) is 11.6 Å². The van der Waals surface area contributed by atoms with Crippen LogP contribution < -0.4 is 0 Å². The second kappa shape index (κ2) is 4.05. The van der Waals surface area contributed by atoms with Gasteiger partial charge in [0.1, 0.15) is 17.1 Å². The van der Waals surface area contributed by atoms with Crippen LogP contribution in [0.5, 0.6) is 5.75 Å². The molecule has 0 unspecified atom stereocenters. The van der Waals surface area contributed by atoms with E-state index in [-0.39, 0.29) is 5.75 Å². The van der Waals surface area contributed by atoms with Crippen LogP contribution >= 0.6 is 22.9 Å². The molecule has 0 saturated heterocycles. The molecule has 0 radical (unpaired) electrons. The number of hydrogen-bond donors (Lipinski definition) is 1. The second-order valence-electron chi connectivity index (χ2n) is 3.69. The molecule has 0 aromatic carbocycles. The number of aromatic hydroxyl groups is 1. The van der Waals surface area contributed by atoms with Crippen LogP contribution in [0.25, 0.3) is 5.52 Å². The van der Waals surface area contributed by atoms with Crippen molar-refractivity contribution in [2.75, 3.05) is 0 Å². The number of nitrogens with zero attached hydrogens (tertiary/aromatic N) is 2. The maximum absolute atomic E-state index is 9.75. The first-order valence-electron chi connectivity index (χ1n) is 5.12. The van der Waals surface area contributed by atoms with Gasteiger partial charge in [0, 0.05) is 17.5 Å². The Morgan fingerprint density at radius 1 is 1.35 bits per heavy atom. The highest BCUT2D eigenvalue weighted by Crippen LogP contribution is 2.27. The summed E-state index contributed by atoms with van der Waals surface area (Å²) in [7, 11) is 0. The van der Waals surface area contributed by atoms with Gasteiger partial charge in [0.15, 0.2) is 5.15 Å². The zero-order chi connectivity index (χ0) is 11.8. The smallest absolute Gasteiger partial charge is 0.158 e. The minimum Gasteiger partial charge on any atom is -0.506 e. The lowest BCUT2D eigenvalue weighted by atomic mass is 10.3. The highest BCUT2D eigenvalue weighted by atomic mass is 35.5. The van der Waals surface area contributed by atoms with E-state index in [9.17, 15) is 5.11 Å². The van der Waals surface area contributed by atoms with E-state index in [1.165, 1.54) is 4.88 Å². The molecule has 0 spiro atoms. The molecule has 3 nitrogen and oxygen atoms in total. The van der Waals surface area contributed by atoms with Gasteiger partial charge < -0.3 is 5.11 Å². The SMILES string of the molecule is Oc1cccn2c(Cc3cccs3)nc(Cl)c12. The topological polar surface area (TPSA) is 37.5 Å². The summed E-state index contributed by atoms with van der Waals surface area (Å²) in [6.07, 6.45) is 2.58. The molecule has 0 aliphatic carbocycles. The summed E-state index contributed by atoms with van der Waals surface area (Å²) in [6.45, 7) is 0. The molecule has 3 aromatic rings. The zero-order valence-corrected chi connectivity index (χ0v) is 10.4. The molecular weight excluding hydrogens is 256 g/mol. The molecule has 3 aromatic heterocycles. The predicted octanol–water partition coefficient (Wildman–Crippen LogP) is 3.35. The number of pyridine rings is 1. The number of fused-ring (bicyclic) bond motifs is 1. The van der Waals surface area contributed by atoms with Crippen molar-refractivity contribution in [3.8, 4) is 5.75 Å². The van der Waals surface area contributed by atoms with Gasteiger partial charge in [-0.2, -0.15) is 0 Å². The molecule has 17 heavy (non-hydrogen) atoms. The highest BCUT2D eigenvalue weighted by Gasteiger charge is 2.12. The van der Waals surface area contributed by atoms with Crippen LogP contribution in [0.15, 0.2) is 35.8 Å². The molecule has 5 heteroatoms. The Labute approximate surface area is 107 Å². The lowest BCUT2D eigenvalue weighted by Crippen LogP contribution is -1.94. The van der Waals surface area contributed by atoms with Gasteiger partial charge >= 0.3 is 0 Å². The van der Waals surface area contributed by atoms with Gasteiger partial charge in [0.05, 0.1) is 0 Å². The predicted molar refractivity (Wildman–Crippen MR) is 69.0 cm³/mol. The first-order chi connectivity index (χ1) is 8.25. The van der Waals surface area contributed by atoms with Crippen LogP contribution in [-0.2, 0) is 6.42 Å². The van der Waals surface area contributed by atoms with E-state index < -0.39 is 0 Å². The molecule has 0 fully saturated rings. The molecule has 3 heterocycles. The molecular formula is C12H9ClN2OS. The Kier molecular flexibility index (Phi) is 2.53. The summed E-state index contributed by atoms with van der Waals surface area (Å²) in [5, 5.41) is 12.1. The van der Waals surface area contributed by atoms with Gasteiger partial charge in [0.2, 0.25) is 0 Å². The average molecular weight is 265 g/mol. The zero-order valence-electron chi connectivity index (χ0n) is 8.80. The number of thiophene rings is 1. The fourth-order valence-electron chi connectivity index (χ4n) is 1.83. The number of imidazole rings is 1. The van der Waals surface area contributed by atoms with E-state index in [2.05, 4.69) is 11.1 Å². The summed E-state index contributed by atoms with van der Waals surface area (Å²) < 4.78 is 1.83. The molecule has 0 aliphatic rings. The van der Waals surface area contributed by atoms with Crippen molar-refractivity contribution in [2.24, 2.45) is 0 Å². The number of aromatic nitrogens is 2. The van der Waals surface area contributed by atoms with Gasteiger partial charge in [-0.3, -0.25) is 4.40 Å². The minimum absolute atomic E-state index is 0.155. The summed E-state index contributed by atoms with van der Waals surface area (Å²) in [4.78, 5) is 5.52. The van der Waals surface area contributed by atoms with Crippen molar-refractivity contribution in [3.05, 3.63) is 51.7 Å². The average Bonchev–Trinajstić information content (AvgIpc) is 2.90. The van der Waals surface area contributed by atoms with Crippen LogP contribution in [0.4, 0.5) is 0 Å². The third kappa shape index (κ3) is 1.79. The molecule has 0 bridgehead atoms. The van der Waals surface area contributed by atoms with E-state index >= 15 is 0 Å². The fourth-order valence-corrected chi connectivity index (χ4v) is 2.82. The third-order valence-corrected chi connectivity index (χ3v) is 3.73. The van der Waals surface area contributed by atoms with E-state index in [0.29, 0.717) is 10.7 Å². The molecule has 0 saturated carbocycles. The minimum atomic E-state index is 0.155. The molecule has 3 rings (SSSR count). The van der Waals surface area contributed by atoms with Crippen molar-refractivity contribution in [1.82, 2.24) is 9.38 Å². The van der Waals surface area contributed by atoms with Crippen molar-refractivity contribution >= 4 is 28.5 Å². The summed E-state index contributed by atoms with van der Waals surface area (Å²) >= 11 is 7.72. The van der Waals surface area contributed by atoms with E-state index in [0.717, 1.165) is 12.2 Å². The Bertz CT molecular complexity index is 661. The number of halogens is 1. The monoisotopic (exact) mass is 264 g/mol. The van der Waals surface area contributed by atoms with Gasteiger partial charge in [-0.05, 0) is 23.6 Å². The van der Waals surface area contributed by atoms with Crippen molar-refractivity contribution in [3.63, 3.8) is 0 Å². The molecule has 0 atom stereocenters. The van der Waals surface area contributed by atoms with Crippen molar-refractivity contribution < 1.29 is 5.11 Å². The van der Waals surface area contributed by atoms with Crippen molar-refractivity contribution in [2.45, 2.75) is 6.42 Å². The van der Waals surface area contributed by atoms with Crippen molar-refractivity contribution in [1.29, 1.82) is 0 Å². The largest absolute Gasteiger partial charge is 0.506 e. The van der Waals surface area contributed by atoms with Crippen LogP contribution in [0, 0.1) is 0 Å². The number of hydrogen-bond acceptors (Lipinski definition) is 3. The molecule has 86 valence electrons. The van der Waals surface area contributed by atoms with Gasteiger partial charge in [0.25, 0.3) is 0 Å². The standard InChI is InChI=1S/C12H9ClN2OS/c13-12-11-9(16)4-1-5-15(11)10(14-12)7-8-3-2-6-17-8/h1-6,16H,7H2. The Morgan fingerprint density at radius 2 is 2.24 bits per heavy atom. The Hall–Kier alpha value is -1.52. The summed E-state index contributed by atoms with van der Waals surface area (Å²) in [5.41, 5.74) is 0.570. The quantitative estimate of drug-likeness (QED) is 0.771. The Morgan fingerprint density at radius 3 is 3.00 bits per heavy atom. The fraction of sp³-hybridized carbons (Fsp3) is 0.0833. The lowest BCUT2D eigenvalue weighted by molar-refractivity contribution is 0.479. The maximum atomic E-state index is 9.75. The molecule has 1 N–H and O–H groups in total. The van der Waals surface area contributed by atoms with Crippen LogP contribution in [0.3, 0.4) is 0 Å². The van der Waals surface area contributed by atoms with Crippen LogP contribution in [0.1, 0.15) is 10.7 Å².